The average molecular weight is 433 g/mol. The first-order chi connectivity index (χ1) is 13.9. The van der Waals surface area contributed by atoms with Crippen molar-refractivity contribution in [2.24, 2.45) is 0 Å². The molecule has 29 heavy (non-hydrogen) atoms. The van der Waals surface area contributed by atoms with Gasteiger partial charge in [-0.15, -0.1) is 0 Å². The fraction of sp³-hybridized carbons (Fsp3) is 0.381. The number of hydrogen-bond acceptors (Lipinski definition) is 5. The first-order valence-electron chi connectivity index (χ1n) is 9.63. The van der Waals surface area contributed by atoms with Crippen LogP contribution >= 0.6 is 11.8 Å². The molecule has 0 spiro atoms. The smallest absolute Gasteiger partial charge is 0.249 e. The van der Waals surface area contributed by atoms with Crippen molar-refractivity contribution < 1.29 is 17.9 Å². The van der Waals surface area contributed by atoms with E-state index in [0.717, 1.165) is 17.3 Å². The molecule has 2 heterocycles. The van der Waals surface area contributed by atoms with Gasteiger partial charge in [0.25, 0.3) is 0 Å². The lowest BCUT2D eigenvalue weighted by Crippen LogP contribution is -2.57. The Balaban J connectivity index is 1.50. The molecule has 1 atom stereocenters. The van der Waals surface area contributed by atoms with Crippen LogP contribution in [0.4, 0.5) is 11.4 Å². The molecule has 2 aliphatic rings. The van der Waals surface area contributed by atoms with E-state index in [4.69, 9.17) is 4.74 Å². The zero-order chi connectivity index (χ0) is 20.5. The Morgan fingerprint density at radius 2 is 1.83 bits per heavy atom. The van der Waals surface area contributed by atoms with Gasteiger partial charge in [0, 0.05) is 23.7 Å². The van der Waals surface area contributed by atoms with E-state index in [0.29, 0.717) is 24.3 Å². The Bertz CT molecular complexity index is 976. The number of benzene rings is 2. The van der Waals surface area contributed by atoms with Gasteiger partial charge in [-0.2, -0.15) is 11.8 Å². The minimum atomic E-state index is -3.86. The number of carbonyl (C=O) groups is 1. The van der Waals surface area contributed by atoms with Crippen LogP contribution in [0.25, 0.3) is 0 Å². The van der Waals surface area contributed by atoms with E-state index in [9.17, 15) is 13.2 Å². The van der Waals surface area contributed by atoms with Crippen molar-refractivity contribution in [1.82, 2.24) is 0 Å². The fourth-order valence-electron chi connectivity index (χ4n) is 3.50. The summed E-state index contributed by atoms with van der Waals surface area (Å²) < 4.78 is 32.3. The predicted octanol–water partition coefficient (Wildman–Crippen LogP) is 3.51. The fourth-order valence-corrected chi connectivity index (χ4v) is 6.01. The topological polar surface area (TPSA) is 75.7 Å². The lowest BCUT2D eigenvalue weighted by Gasteiger charge is -2.39. The largest absolute Gasteiger partial charge is 0.489 e. The van der Waals surface area contributed by atoms with Crippen molar-refractivity contribution in [1.29, 1.82) is 0 Å². The van der Waals surface area contributed by atoms with Crippen LogP contribution in [-0.2, 0) is 14.8 Å². The molecule has 0 aromatic heterocycles. The molecule has 4 rings (SSSR count). The van der Waals surface area contributed by atoms with Gasteiger partial charge in [0.1, 0.15) is 11.9 Å². The molecule has 2 aromatic carbocycles. The number of amides is 1. The number of ether oxygens (including phenoxy) is 1. The summed E-state index contributed by atoms with van der Waals surface area (Å²) in [5, 5.41) is 2.78. The lowest BCUT2D eigenvalue weighted by atomic mass is 10.0. The van der Waals surface area contributed by atoms with Crippen molar-refractivity contribution in [3.8, 4) is 5.75 Å². The molecule has 2 aromatic rings. The maximum absolute atomic E-state index is 13.3. The Labute approximate surface area is 175 Å². The zero-order valence-electron chi connectivity index (χ0n) is 16.2. The summed E-state index contributed by atoms with van der Waals surface area (Å²) in [6.07, 6.45) is 1.14. The third-order valence-electron chi connectivity index (χ3n) is 5.42. The maximum Gasteiger partial charge on any atom is 0.249 e. The van der Waals surface area contributed by atoms with Crippen LogP contribution < -0.4 is 14.4 Å². The van der Waals surface area contributed by atoms with E-state index in [2.05, 4.69) is 5.32 Å². The third kappa shape index (κ3) is 3.83. The molecule has 6 nitrogen and oxygen atoms in total. The Morgan fingerprint density at radius 3 is 2.45 bits per heavy atom. The molecule has 0 saturated carbocycles. The van der Waals surface area contributed by atoms with Gasteiger partial charge in [0.15, 0.2) is 4.75 Å². The quantitative estimate of drug-likeness (QED) is 0.783. The van der Waals surface area contributed by atoms with E-state index < -0.39 is 20.7 Å². The van der Waals surface area contributed by atoms with Crippen LogP contribution in [0.5, 0.6) is 5.75 Å². The number of sulfonamides is 1. The van der Waals surface area contributed by atoms with Gasteiger partial charge in [-0.25, -0.2) is 8.42 Å². The number of nitrogens with zero attached hydrogens (tertiary/aromatic N) is 1. The molecular formula is C21H24N2O4S2. The second kappa shape index (κ2) is 7.91. The van der Waals surface area contributed by atoms with Crippen molar-refractivity contribution in [2.75, 3.05) is 27.7 Å². The molecule has 2 fully saturated rings. The van der Waals surface area contributed by atoms with Crippen LogP contribution in [0.15, 0.2) is 54.6 Å². The second-order valence-corrected chi connectivity index (χ2v) is 10.9. The minimum Gasteiger partial charge on any atom is -0.489 e. The Hall–Kier alpha value is -2.19. The lowest BCUT2D eigenvalue weighted by molar-refractivity contribution is -0.118. The van der Waals surface area contributed by atoms with Crippen LogP contribution in [0.2, 0.25) is 0 Å². The number of nitrogens with one attached hydrogen (secondary N) is 1. The van der Waals surface area contributed by atoms with Gasteiger partial charge in [-0.3, -0.25) is 9.10 Å². The van der Waals surface area contributed by atoms with Gasteiger partial charge in [0.2, 0.25) is 15.9 Å². The second-order valence-electron chi connectivity index (χ2n) is 7.50. The molecule has 0 radical (unpaired) electrons. The summed E-state index contributed by atoms with van der Waals surface area (Å²) in [5.74, 6) is 2.22. The summed E-state index contributed by atoms with van der Waals surface area (Å²) in [7, 11) is -3.86. The van der Waals surface area contributed by atoms with E-state index in [1.165, 1.54) is 11.2 Å². The van der Waals surface area contributed by atoms with Gasteiger partial charge >= 0.3 is 0 Å². The molecule has 1 amide bonds. The van der Waals surface area contributed by atoms with Crippen molar-refractivity contribution in [3.05, 3.63) is 54.6 Å². The van der Waals surface area contributed by atoms with Gasteiger partial charge in [0.05, 0.1) is 5.69 Å². The number of carbonyl (C=O) groups excluding carboxylic acids is 1. The zero-order valence-corrected chi connectivity index (χ0v) is 17.8. The number of hydrogen-bond donors (Lipinski definition) is 1. The first kappa shape index (κ1) is 20.1. The molecule has 0 aliphatic carbocycles. The van der Waals surface area contributed by atoms with Crippen LogP contribution in [0.1, 0.15) is 19.8 Å². The maximum atomic E-state index is 13.3. The molecule has 2 saturated heterocycles. The van der Waals surface area contributed by atoms with Crippen LogP contribution in [-0.4, -0.2) is 43.2 Å². The monoisotopic (exact) mass is 432 g/mol. The van der Waals surface area contributed by atoms with Gasteiger partial charge < -0.3 is 10.1 Å². The summed E-state index contributed by atoms with van der Waals surface area (Å²) in [6, 6.07) is 16.0. The standard InChI is InChI=1S/C21H24N2O4S2/c1-21(12-5-13-23(29(21,25)26)17-6-3-2-4-7-17)20(24)22-16-8-10-18(11-9-16)27-19-14-28-15-19/h2-4,6-11,19H,5,12-15H2,1H3,(H,22,24). The third-order valence-corrected chi connectivity index (χ3v) is 9.14. The molecule has 1 N–H and O–H groups in total. The van der Waals surface area contributed by atoms with Crippen molar-refractivity contribution in [3.63, 3.8) is 0 Å². The summed E-state index contributed by atoms with van der Waals surface area (Å²) >= 11 is 1.85. The van der Waals surface area contributed by atoms with Gasteiger partial charge in [-0.05, 0) is 56.2 Å². The number of rotatable bonds is 5. The molecular weight excluding hydrogens is 408 g/mol. The molecule has 8 heteroatoms. The number of para-hydroxylation sites is 1. The highest BCUT2D eigenvalue weighted by molar-refractivity contribution is 8.00. The molecule has 0 bridgehead atoms. The van der Waals surface area contributed by atoms with Crippen molar-refractivity contribution in [2.45, 2.75) is 30.6 Å². The SMILES string of the molecule is CC1(C(=O)Nc2ccc(OC3CSC3)cc2)CCCN(c2ccccc2)S1(=O)=O. The summed E-state index contributed by atoms with van der Waals surface area (Å²) in [4.78, 5) is 13.0. The van der Waals surface area contributed by atoms with Crippen LogP contribution in [0.3, 0.4) is 0 Å². The first-order valence-corrected chi connectivity index (χ1v) is 12.2. The van der Waals surface area contributed by atoms with E-state index in [1.807, 2.05) is 17.8 Å². The molecule has 2 aliphatic heterocycles. The Morgan fingerprint density at radius 1 is 1.14 bits per heavy atom. The normalized spacial score (nSPS) is 23.8. The Kier molecular flexibility index (Phi) is 5.48. The van der Waals surface area contributed by atoms with E-state index in [-0.39, 0.29) is 12.5 Å². The average Bonchev–Trinajstić information content (AvgIpc) is 2.68. The highest BCUT2D eigenvalue weighted by Gasteiger charge is 2.51. The highest BCUT2D eigenvalue weighted by atomic mass is 32.2. The predicted molar refractivity (Wildman–Crippen MR) is 117 cm³/mol. The van der Waals surface area contributed by atoms with Crippen molar-refractivity contribution >= 4 is 39.1 Å². The molecule has 154 valence electrons. The highest BCUT2D eigenvalue weighted by Crippen LogP contribution is 2.36. The van der Waals surface area contributed by atoms with E-state index in [1.54, 1.807) is 48.5 Å². The summed E-state index contributed by atoms with van der Waals surface area (Å²) in [6.45, 7) is 1.89. The van der Waals surface area contributed by atoms with E-state index >= 15 is 0 Å². The van der Waals surface area contributed by atoms with Crippen LogP contribution in [0, 0.1) is 0 Å². The number of anilines is 2. The minimum absolute atomic E-state index is 0.246. The summed E-state index contributed by atoms with van der Waals surface area (Å²) in [5.41, 5.74) is 1.14. The number of thioether (sulfide) groups is 1. The van der Waals surface area contributed by atoms with Gasteiger partial charge in [-0.1, -0.05) is 18.2 Å². The molecule has 1 unspecified atom stereocenters.